The summed E-state index contributed by atoms with van der Waals surface area (Å²) in [6, 6.07) is 5.42. The molecule has 0 spiro atoms. The van der Waals surface area contributed by atoms with E-state index >= 15 is 0 Å². The molecule has 1 aliphatic carbocycles. The van der Waals surface area contributed by atoms with Gasteiger partial charge in [0.1, 0.15) is 11.3 Å². The summed E-state index contributed by atoms with van der Waals surface area (Å²) in [5.41, 5.74) is 1.44. The Labute approximate surface area is 95.0 Å². The predicted molar refractivity (Wildman–Crippen MR) is 61.1 cm³/mol. The predicted octanol–water partition coefficient (Wildman–Crippen LogP) is 3.05. The third-order valence-corrected chi connectivity index (χ3v) is 2.65. The molecular weight excluding hydrogens is 204 g/mol. The molecule has 0 aliphatic heterocycles. The summed E-state index contributed by atoms with van der Waals surface area (Å²) < 4.78 is 5.54. The standard InChI is InChI=1S/C13H16O3/c1-8(2)16-12-7-10(9-3-4-9)5-6-11(12)13(14)15/h5-9H,3-4H2,1-2H3,(H,14,15). The van der Waals surface area contributed by atoms with Gasteiger partial charge in [-0.2, -0.15) is 0 Å². The van der Waals surface area contributed by atoms with Crippen molar-refractivity contribution in [3.8, 4) is 5.75 Å². The van der Waals surface area contributed by atoms with E-state index in [-0.39, 0.29) is 11.7 Å². The van der Waals surface area contributed by atoms with Crippen LogP contribution in [-0.4, -0.2) is 17.2 Å². The zero-order valence-electron chi connectivity index (χ0n) is 9.56. The van der Waals surface area contributed by atoms with Crippen LogP contribution in [0, 0.1) is 0 Å². The first-order chi connectivity index (χ1) is 7.58. The minimum atomic E-state index is -0.932. The number of hydrogen-bond donors (Lipinski definition) is 1. The van der Waals surface area contributed by atoms with Crippen LogP contribution in [0.1, 0.15) is 48.5 Å². The Morgan fingerprint density at radius 2 is 2.12 bits per heavy atom. The highest BCUT2D eigenvalue weighted by atomic mass is 16.5. The maximum Gasteiger partial charge on any atom is 0.339 e. The molecule has 3 nitrogen and oxygen atoms in total. The Hall–Kier alpha value is -1.51. The summed E-state index contributed by atoms with van der Waals surface area (Å²) in [5, 5.41) is 9.04. The van der Waals surface area contributed by atoms with Gasteiger partial charge in [-0.05, 0) is 50.3 Å². The highest BCUT2D eigenvalue weighted by Crippen LogP contribution is 2.41. The van der Waals surface area contributed by atoms with E-state index in [0.29, 0.717) is 11.7 Å². The van der Waals surface area contributed by atoms with Crippen LogP contribution in [0.5, 0.6) is 5.75 Å². The summed E-state index contributed by atoms with van der Waals surface area (Å²) in [5.74, 6) is 0.169. The molecule has 0 bridgehead atoms. The number of hydrogen-bond acceptors (Lipinski definition) is 2. The number of ether oxygens (including phenoxy) is 1. The van der Waals surface area contributed by atoms with Gasteiger partial charge in [0, 0.05) is 0 Å². The van der Waals surface area contributed by atoms with Gasteiger partial charge in [-0.15, -0.1) is 0 Å². The van der Waals surface area contributed by atoms with Crippen molar-refractivity contribution in [3.63, 3.8) is 0 Å². The lowest BCUT2D eigenvalue weighted by Gasteiger charge is -2.13. The summed E-state index contributed by atoms with van der Waals surface area (Å²) in [7, 11) is 0. The Morgan fingerprint density at radius 1 is 1.44 bits per heavy atom. The third kappa shape index (κ3) is 2.35. The van der Waals surface area contributed by atoms with E-state index in [1.807, 2.05) is 26.0 Å². The van der Waals surface area contributed by atoms with Gasteiger partial charge in [0.25, 0.3) is 0 Å². The van der Waals surface area contributed by atoms with Gasteiger partial charge in [-0.3, -0.25) is 0 Å². The summed E-state index contributed by atoms with van der Waals surface area (Å²) in [6.07, 6.45) is 2.40. The molecule has 0 unspecified atom stereocenters. The average Bonchev–Trinajstić information content (AvgIpc) is 2.99. The number of rotatable bonds is 4. The topological polar surface area (TPSA) is 46.5 Å². The molecule has 2 rings (SSSR count). The van der Waals surface area contributed by atoms with Gasteiger partial charge in [0.2, 0.25) is 0 Å². The molecule has 1 N–H and O–H groups in total. The van der Waals surface area contributed by atoms with Crippen LogP contribution in [0.4, 0.5) is 0 Å². The van der Waals surface area contributed by atoms with Gasteiger partial charge < -0.3 is 9.84 Å². The van der Waals surface area contributed by atoms with E-state index in [1.165, 1.54) is 18.4 Å². The molecule has 0 saturated heterocycles. The monoisotopic (exact) mass is 220 g/mol. The Bertz CT molecular complexity index is 406. The molecule has 3 heteroatoms. The number of benzene rings is 1. The molecule has 1 fully saturated rings. The van der Waals surface area contributed by atoms with Gasteiger partial charge >= 0.3 is 5.97 Å². The van der Waals surface area contributed by atoms with Crippen molar-refractivity contribution < 1.29 is 14.6 Å². The van der Waals surface area contributed by atoms with Crippen LogP contribution in [0.25, 0.3) is 0 Å². The van der Waals surface area contributed by atoms with Crippen molar-refractivity contribution in [2.45, 2.75) is 38.7 Å². The van der Waals surface area contributed by atoms with Gasteiger partial charge in [-0.25, -0.2) is 4.79 Å². The molecular formula is C13H16O3. The Balaban J connectivity index is 2.33. The number of carboxylic acids is 1. The zero-order chi connectivity index (χ0) is 11.7. The first-order valence-corrected chi connectivity index (χ1v) is 5.62. The lowest BCUT2D eigenvalue weighted by molar-refractivity contribution is 0.0690. The maximum absolute atomic E-state index is 11.0. The number of carbonyl (C=O) groups is 1. The lowest BCUT2D eigenvalue weighted by atomic mass is 10.1. The van der Waals surface area contributed by atoms with Crippen LogP contribution in [0.2, 0.25) is 0 Å². The van der Waals surface area contributed by atoms with E-state index < -0.39 is 5.97 Å². The fourth-order valence-corrected chi connectivity index (χ4v) is 1.74. The molecule has 1 aromatic rings. The molecule has 0 atom stereocenters. The second-order valence-electron chi connectivity index (χ2n) is 4.50. The normalized spacial score (nSPS) is 15.2. The molecule has 0 aromatic heterocycles. The SMILES string of the molecule is CC(C)Oc1cc(C2CC2)ccc1C(=O)O. The first kappa shape index (κ1) is 11.0. The molecule has 1 aromatic carbocycles. The minimum Gasteiger partial charge on any atom is -0.490 e. The molecule has 0 radical (unpaired) electrons. The van der Waals surface area contributed by atoms with E-state index in [1.54, 1.807) is 6.07 Å². The largest absolute Gasteiger partial charge is 0.490 e. The number of aromatic carboxylic acids is 1. The molecule has 16 heavy (non-hydrogen) atoms. The van der Waals surface area contributed by atoms with E-state index in [0.717, 1.165) is 0 Å². The quantitative estimate of drug-likeness (QED) is 0.848. The second kappa shape index (κ2) is 4.16. The van der Waals surface area contributed by atoms with Crippen molar-refractivity contribution in [3.05, 3.63) is 29.3 Å². The van der Waals surface area contributed by atoms with E-state index in [9.17, 15) is 4.79 Å². The number of carboxylic acid groups (broad SMARTS) is 1. The molecule has 1 saturated carbocycles. The minimum absolute atomic E-state index is 0.00690. The van der Waals surface area contributed by atoms with Crippen LogP contribution in [0.3, 0.4) is 0 Å². The van der Waals surface area contributed by atoms with Crippen molar-refractivity contribution >= 4 is 5.97 Å². The molecule has 0 amide bonds. The maximum atomic E-state index is 11.0. The van der Waals surface area contributed by atoms with Crippen molar-refractivity contribution in [1.29, 1.82) is 0 Å². The molecule has 0 heterocycles. The Morgan fingerprint density at radius 3 is 2.62 bits per heavy atom. The van der Waals surface area contributed by atoms with Crippen molar-refractivity contribution in [1.82, 2.24) is 0 Å². The highest BCUT2D eigenvalue weighted by molar-refractivity contribution is 5.91. The summed E-state index contributed by atoms with van der Waals surface area (Å²) in [4.78, 5) is 11.0. The fourth-order valence-electron chi connectivity index (χ4n) is 1.74. The summed E-state index contributed by atoms with van der Waals surface area (Å²) >= 11 is 0. The highest BCUT2D eigenvalue weighted by Gasteiger charge is 2.25. The van der Waals surface area contributed by atoms with E-state index in [4.69, 9.17) is 9.84 Å². The molecule has 1 aliphatic rings. The lowest BCUT2D eigenvalue weighted by Crippen LogP contribution is -2.10. The van der Waals surface area contributed by atoms with Crippen molar-refractivity contribution in [2.24, 2.45) is 0 Å². The van der Waals surface area contributed by atoms with Crippen LogP contribution in [0.15, 0.2) is 18.2 Å². The smallest absolute Gasteiger partial charge is 0.339 e. The van der Waals surface area contributed by atoms with Crippen LogP contribution >= 0.6 is 0 Å². The van der Waals surface area contributed by atoms with Gasteiger partial charge in [0.05, 0.1) is 6.10 Å². The van der Waals surface area contributed by atoms with Gasteiger partial charge in [0.15, 0.2) is 0 Å². The van der Waals surface area contributed by atoms with Gasteiger partial charge in [-0.1, -0.05) is 6.07 Å². The average molecular weight is 220 g/mol. The zero-order valence-corrected chi connectivity index (χ0v) is 9.56. The van der Waals surface area contributed by atoms with Crippen LogP contribution in [-0.2, 0) is 0 Å². The Kier molecular flexibility index (Phi) is 2.86. The molecule has 86 valence electrons. The second-order valence-corrected chi connectivity index (χ2v) is 4.50. The third-order valence-electron chi connectivity index (χ3n) is 2.65. The van der Waals surface area contributed by atoms with E-state index in [2.05, 4.69) is 0 Å². The first-order valence-electron chi connectivity index (χ1n) is 5.62. The van der Waals surface area contributed by atoms with Crippen LogP contribution < -0.4 is 4.74 Å². The van der Waals surface area contributed by atoms with Crippen molar-refractivity contribution in [2.75, 3.05) is 0 Å². The fraction of sp³-hybridized carbons (Fsp3) is 0.462. The summed E-state index contributed by atoms with van der Waals surface area (Å²) in [6.45, 7) is 3.80.